The molecule has 0 aliphatic rings. The predicted octanol–water partition coefficient (Wildman–Crippen LogP) is -6.18. The predicted molar refractivity (Wildman–Crippen MR) is 67.7 cm³/mol. The summed E-state index contributed by atoms with van der Waals surface area (Å²) in [6, 6.07) is 1.86. The molecular formula is C7H11B4NO. The molecule has 0 radical (unpaired) electrons. The minimum Gasteiger partial charge on any atom is -0.366 e. The Bertz CT molecular complexity index is 377. The lowest BCUT2D eigenvalue weighted by Crippen LogP contribution is -2.50. The number of benzene rings is 1. The summed E-state index contributed by atoms with van der Waals surface area (Å²) >= 11 is 0. The highest BCUT2D eigenvalue weighted by molar-refractivity contribution is 6.63. The van der Waals surface area contributed by atoms with Gasteiger partial charge < -0.3 is 5.73 Å². The molecule has 1 aromatic rings. The number of primary amides is 1. The van der Waals surface area contributed by atoms with Crippen molar-refractivity contribution in [2.75, 3.05) is 0 Å². The van der Waals surface area contributed by atoms with Crippen LogP contribution in [0.1, 0.15) is 10.4 Å². The van der Waals surface area contributed by atoms with Crippen molar-refractivity contribution in [3.05, 3.63) is 11.6 Å². The smallest absolute Gasteiger partial charge is 0.248 e. The third kappa shape index (κ3) is 1.67. The molecule has 62 valence electrons. The van der Waals surface area contributed by atoms with Crippen LogP contribution in [0.2, 0.25) is 0 Å². The molecule has 1 aromatic carbocycles. The van der Waals surface area contributed by atoms with E-state index in [4.69, 9.17) is 5.73 Å². The Morgan fingerprint density at radius 2 is 1.62 bits per heavy atom. The Labute approximate surface area is 81.9 Å². The SMILES string of the molecule is Bc1cc(C(N)=O)c(B)c(B)c1B. The van der Waals surface area contributed by atoms with Crippen LogP contribution in [0.15, 0.2) is 6.07 Å². The Balaban J connectivity index is 3.50. The lowest BCUT2D eigenvalue weighted by molar-refractivity contribution is 0.100. The molecule has 1 rings (SSSR count). The number of rotatable bonds is 1. The van der Waals surface area contributed by atoms with Crippen LogP contribution >= 0.6 is 0 Å². The summed E-state index contributed by atoms with van der Waals surface area (Å²) in [5.41, 5.74) is 10.4. The van der Waals surface area contributed by atoms with Gasteiger partial charge in [0.2, 0.25) is 5.91 Å². The molecule has 0 bridgehead atoms. The van der Waals surface area contributed by atoms with Crippen molar-refractivity contribution in [1.29, 1.82) is 0 Å². The van der Waals surface area contributed by atoms with Gasteiger partial charge in [0.1, 0.15) is 31.4 Å². The van der Waals surface area contributed by atoms with Crippen LogP contribution in [0, 0.1) is 0 Å². The van der Waals surface area contributed by atoms with Crippen molar-refractivity contribution in [2.24, 2.45) is 5.73 Å². The first-order chi connectivity index (χ1) is 5.95. The van der Waals surface area contributed by atoms with Gasteiger partial charge in [0.25, 0.3) is 0 Å². The van der Waals surface area contributed by atoms with E-state index >= 15 is 0 Å². The topological polar surface area (TPSA) is 43.1 Å². The first-order valence-corrected chi connectivity index (χ1v) is 4.32. The van der Waals surface area contributed by atoms with Crippen molar-refractivity contribution in [2.45, 2.75) is 0 Å². The molecule has 0 saturated carbocycles. The largest absolute Gasteiger partial charge is 0.366 e. The molecule has 0 spiro atoms. The van der Waals surface area contributed by atoms with Crippen LogP contribution in [0.25, 0.3) is 0 Å². The number of amides is 1. The quantitative estimate of drug-likeness (QED) is 0.417. The van der Waals surface area contributed by atoms with E-state index in [0.29, 0.717) is 5.56 Å². The molecule has 6 heteroatoms. The summed E-state index contributed by atoms with van der Waals surface area (Å²) in [7, 11) is 8.00. The second-order valence-electron chi connectivity index (χ2n) is 3.48. The fourth-order valence-electron chi connectivity index (χ4n) is 1.47. The lowest BCUT2D eigenvalue weighted by atomic mass is 9.65. The normalized spacial score (nSPS) is 9.85. The van der Waals surface area contributed by atoms with Gasteiger partial charge in [-0.2, -0.15) is 0 Å². The third-order valence-electron chi connectivity index (χ3n) is 2.75. The summed E-state index contributed by atoms with van der Waals surface area (Å²) in [5.74, 6) is -0.344. The van der Waals surface area contributed by atoms with Crippen LogP contribution < -0.4 is 27.6 Å². The first-order valence-electron chi connectivity index (χ1n) is 4.32. The second-order valence-corrected chi connectivity index (χ2v) is 3.48. The minimum absolute atomic E-state index is 0.344. The summed E-state index contributed by atoms with van der Waals surface area (Å²) in [6.07, 6.45) is 0. The summed E-state index contributed by atoms with van der Waals surface area (Å²) in [6.45, 7) is 0. The van der Waals surface area contributed by atoms with Crippen LogP contribution in [0.4, 0.5) is 0 Å². The van der Waals surface area contributed by atoms with Crippen molar-refractivity contribution >= 4 is 59.1 Å². The molecule has 1 amide bonds. The number of hydrogen-bond donors (Lipinski definition) is 1. The molecule has 0 fully saturated rings. The van der Waals surface area contributed by atoms with E-state index in [1.54, 1.807) is 0 Å². The van der Waals surface area contributed by atoms with Gasteiger partial charge in [-0.1, -0.05) is 17.0 Å². The van der Waals surface area contributed by atoms with Crippen molar-refractivity contribution in [1.82, 2.24) is 0 Å². The highest BCUT2D eigenvalue weighted by atomic mass is 16.1. The average molecular weight is 168 g/mol. The molecule has 0 aliphatic heterocycles. The third-order valence-corrected chi connectivity index (χ3v) is 2.75. The monoisotopic (exact) mass is 169 g/mol. The summed E-state index contributed by atoms with van der Waals surface area (Å²) in [4.78, 5) is 11.1. The number of hydrogen-bond acceptors (Lipinski definition) is 1. The standard InChI is InChI=1S/C7H11B4NO/c8-3-1-2(7(12)13)4(9)6(11)5(3)10/h1H,8-11H2,(H2,12,13). The van der Waals surface area contributed by atoms with E-state index < -0.39 is 0 Å². The highest BCUT2D eigenvalue weighted by Gasteiger charge is 2.09. The highest BCUT2D eigenvalue weighted by Crippen LogP contribution is 1.86. The van der Waals surface area contributed by atoms with Gasteiger partial charge in [-0.3, -0.25) is 4.79 Å². The van der Waals surface area contributed by atoms with Crippen LogP contribution in [-0.4, -0.2) is 37.3 Å². The van der Waals surface area contributed by atoms with E-state index in [1.165, 1.54) is 5.46 Å². The fraction of sp³-hybridized carbons (Fsp3) is 0. The van der Waals surface area contributed by atoms with Gasteiger partial charge >= 0.3 is 0 Å². The summed E-state index contributed by atoms with van der Waals surface area (Å²) < 4.78 is 0. The van der Waals surface area contributed by atoms with Gasteiger partial charge in [0, 0.05) is 5.56 Å². The summed E-state index contributed by atoms with van der Waals surface area (Å²) in [5, 5.41) is 0. The molecule has 0 aliphatic carbocycles. The van der Waals surface area contributed by atoms with E-state index in [0.717, 1.165) is 16.4 Å². The molecule has 0 heterocycles. The second kappa shape index (κ2) is 3.36. The fourth-order valence-corrected chi connectivity index (χ4v) is 1.47. The van der Waals surface area contributed by atoms with Crippen molar-refractivity contribution < 1.29 is 4.79 Å². The van der Waals surface area contributed by atoms with E-state index in [1.807, 2.05) is 29.6 Å². The van der Waals surface area contributed by atoms with Crippen molar-refractivity contribution in [3.8, 4) is 0 Å². The average Bonchev–Trinajstić information content (AvgIpc) is 2.07. The maximum atomic E-state index is 11.1. The molecule has 0 unspecified atom stereocenters. The van der Waals surface area contributed by atoms with Crippen molar-refractivity contribution in [3.63, 3.8) is 0 Å². The molecule has 2 N–H and O–H groups in total. The van der Waals surface area contributed by atoms with Crippen LogP contribution in [0.5, 0.6) is 0 Å². The zero-order valence-corrected chi connectivity index (χ0v) is 8.56. The molecule has 0 aromatic heterocycles. The number of nitrogens with two attached hydrogens (primary N) is 1. The van der Waals surface area contributed by atoms with Crippen LogP contribution in [-0.2, 0) is 0 Å². The van der Waals surface area contributed by atoms with E-state index in [2.05, 4.69) is 7.85 Å². The molecular weight excluding hydrogens is 157 g/mol. The van der Waals surface area contributed by atoms with Gasteiger partial charge in [-0.25, -0.2) is 0 Å². The van der Waals surface area contributed by atoms with E-state index in [9.17, 15) is 4.79 Å². The molecule has 0 saturated heterocycles. The first kappa shape index (κ1) is 10.0. The Morgan fingerprint density at radius 3 is 2.08 bits per heavy atom. The zero-order valence-electron chi connectivity index (χ0n) is 8.56. The maximum absolute atomic E-state index is 11.1. The van der Waals surface area contributed by atoms with Gasteiger partial charge in [-0.05, 0) is 0 Å². The van der Waals surface area contributed by atoms with E-state index in [-0.39, 0.29) is 5.91 Å². The molecule has 13 heavy (non-hydrogen) atoms. The lowest BCUT2D eigenvalue weighted by Gasteiger charge is -2.12. The number of carbonyl (C=O) groups is 1. The maximum Gasteiger partial charge on any atom is 0.248 e. The Kier molecular flexibility index (Phi) is 2.60. The van der Waals surface area contributed by atoms with Gasteiger partial charge in [-0.15, -0.1) is 10.9 Å². The Hall–Kier alpha value is -1.05. The number of carbonyl (C=O) groups excluding carboxylic acids is 1. The zero-order chi connectivity index (χ0) is 10.2. The molecule has 0 atom stereocenters. The van der Waals surface area contributed by atoms with Crippen LogP contribution in [0.3, 0.4) is 0 Å². The Morgan fingerprint density at radius 1 is 1.08 bits per heavy atom. The molecule has 2 nitrogen and oxygen atoms in total. The minimum atomic E-state index is -0.344. The van der Waals surface area contributed by atoms with Gasteiger partial charge in [0.05, 0.1) is 0 Å². The van der Waals surface area contributed by atoms with Gasteiger partial charge in [0.15, 0.2) is 0 Å².